The molecule has 5 rings (SSSR count). The molecule has 0 spiro atoms. The van der Waals surface area contributed by atoms with Crippen molar-refractivity contribution < 1.29 is 27.2 Å². The van der Waals surface area contributed by atoms with Crippen molar-refractivity contribution in [2.24, 2.45) is 0 Å². The average Bonchev–Trinajstić information content (AvgIpc) is 3.38. The van der Waals surface area contributed by atoms with Crippen LogP contribution in [0.25, 0.3) is 11.3 Å². The zero-order valence-electron chi connectivity index (χ0n) is 20.9. The third-order valence-corrected chi connectivity index (χ3v) is 6.94. The third kappa shape index (κ3) is 6.93. The number of oxazole rings is 1. The lowest BCUT2D eigenvalue weighted by Crippen LogP contribution is -2.55. The molecule has 0 amide bonds. The Balaban J connectivity index is 1.19. The van der Waals surface area contributed by atoms with Gasteiger partial charge in [-0.15, -0.1) is 13.2 Å². The molecule has 3 aromatic rings. The summed E-state index contributed by atoms with van der Waals surface area (Å²) in [6.45, 7) is 1.48. The molecule has 1 aliphatic heterocycles. The lowest BCUT2D eigenvalue weighted by Gasteiger charge is -2.39. The van der Waals surface area contributed by atoms with E-state index in [0.29, 0.717) is 29.8 Å². The predicted octanol–water partition coefficient (Wildman–Crippen LogP) is 4.92. The molecule has 14 heteroatoms. The number of nitro groups is 1. The summed E-state index contributed by atoms with van der Waals surface area (Å²) in [4.78, 5) is 25.1. The molecule has 2 unspecified atom stereocenters. The number of hydrogen-bond acceptors (Lipinski definition) is 10. The van der Waals surface area contributed by atoms with Crippen LogP contribution in [0.3, 0.4) is 0 Å². The van der Waals surface area contributed by atoms with Gasteiger partial charge in [-0.3, -0.25) is 10.1 Å². The molecular weight excluding hydrogens is 519 g/mol. The van der Waals surface area contributed by atoms with Gasteiger partial charge in [-0.1, -0.05) is 12.8 Å². The zero-order valence-corrected chi connectivity index (χ0v) is 20.9. The van der Waals surface area contributed by atoms with E-state index in [4.69, 9.17) is 4.42 Å². The highest BCUT2D eigenvalue weighted by Crippen LogP contribution is 2.29. The molecule has 2 aliphatic rings. The number of aromatic nitrogens is 3. The molecule has 0 radical (unpaired) electrons. The van der Waals surface area contributed by atoms with Gasteiger partial charge in [0.2, 0.25) is 5.95 Å². The maximum Gasteiger partial charge on any atom is 0.573 e. The van der Waals surface area contributed by atoms with Crippen molar-refractivity contribution in [2.75, 3.05) is 23.3 Å². The summed E-state index contributed by atoms with van der Waals surface area (Å²) >= 11 is 0. The van der Waals surface area contributed by atoms with Crippen LogP contribution in [-0.2, 0) is 0 Å². The monoisotopic (exact) mass is 547 g/mol. The lowest BCUT2D eigenvalue weighted by molar-refractivity contribution is -0.385. The highest BCUT2D eigenvalue weighted by molar-refractivity contribution is 5.58. The number of rotatable bonds is 8. The number of hydrogen-bond donors (Lipinski definition) is 2. The van der Waals surface area contributed by atoms with E-state index in [1.54, 1.807) is 0 Å². The Kier molecular flexibility index (Phi) is 7.82. The van der Waals surface area contributed by atoms with Crippen LogP contribution in [0.2, 0.25) is 0 Å². The number of halogens is 3. The van der Waals surface area contributed by atoms with Crippen LogP contribution < -0.4 is 20.3 Å². The molecule has 3 heterocycles. The van der Waals surface area contributed by atoms with Crippen LogP contribution in [-0.4, -0.2) is 57.5 Å². The Morgan fingerprint density at radius 2 is 1.72 bits per heavy atom. The van der Waals surface area contributed by atoms with E-state index in [1.807, 2.05) is 4.90 Å². The van der Waals surface area contributed by atoms with E-state index in [-0.39, 0.29) is 29.6 Å². The first kappa shape index (κ1) is 26.7. The summed E-state index contributed by atoms with van der Waals surface area (Å²) in [7, 11) is 0. The molecule has 2 aromatic heterocycles. The van der Waals surface area contributed by atoms with E-state index in [9.17, 15) is 23.3 Å². The summed E-state index contributed by atoms with van der Waals surface area (Å²) in [6, 6.07) is 6.24. The van der Waals surface area contributed by atoms with Gasteiger partial charge in [0.15, 0.2) is 5.76 Å². The van der Waals surface area contributed by atoms with E-state index in [1.165, 1.54) is 42.9 Å². The molecule has 11 nitrogen and oxygen atoms in total. The number of ether oxygens (including phenoxy) is 1. The van der Waals surface area contributed by atoms with E-state index in [0.717, 1.165) is 45.1 Å². The van der Waals surface area contributed by atoms with Gasteiger partial charge in [-0.2, -0.15) is 0 Å². The molecule has 3 atom stereocenters. The summed E-state index contributed by atoms with van der Waals surface area (Å²) in [6.07, 6.45) is 5.27. The van der Waals surface area contributed by atoms with Crippen molar-refractivity contribution in [2.45, 2.75) is 63.0 Å². The largest absolute Gasteiger partial charge is 0.573 e. The number of benzene rings is 1. The summed E-state index contributed by atoms with van der Waals surface area (Å²) < 4.78 is 47.0. The first-order valence-electron chi connectivity index (χ1n) is 12.8. The molecule has 0 bridgehead atoms. The average molecular weight is 548 g/mol. The molecule has 2 fully saturated rings. The predicted molar refractivity (Wildman–Crippen MR) is 135 cm³/mol. The third-order valence-electron chi connectivity index (χ3n) is 6.94. The fraction of sp³-hybridized carbons (Fsp3) is 0.480. The van der Waals surface area contributed by atoms with Crippen LogP contribution in [0, 0.1) is 10.1 Å². The standard InChI is InChI=1S/C25H28F3N7O4/c26-25(27,28)39-19-9-7-16(8-10-19)22-14-31-24(38-22)33-21-6-2-1-5-20(21)32-17-4-3-11-34(15-17)23-29-12-18(13-30-23)35(36)37/h7-10,12-14,17,20-21,32H,1-6,11,15H2,(H,31,33)/t17-,20?,21?/m0/s1. The van der Waals surface area contributed by atoms with Crippen molar-refractivity contribution in [3.8, 4) is 17.1 Å². The van der Waals surface area contributed by atoms with E-state index >= 15 is 0 Å². The van der Waals surface area contributed by atoms with Gasteiger partial charge in [-0.05, 0) is 49.9 Å². The number of alkyl halides is 3. The topological polar surface area (TPSA) is 131 Å². The minimum atomic E-state index is -4.75. The van der Waals surface area contributed by atoms with Crippen LogP contribution in [0.15, 0.2) is 47.3 Å². The molecule has 208 valence electrons. The minimum absolute atomic E-state index is 0.0822. The van der Waals surface area contributed by atoms with Gasteiger partial charge in [-0.25, -0.2) is 15.0 Å². The summed E-state index contributed by atoms with van der Waals surface area (Å²) in [5.41, 5.74) is 0.447. The second-order valence-corrected chi connectivity index (χ2v) is 9.69. The normalized spacial score (nSPS) is 21.9. The van der Waals surface area contributed by atoms with Crippen molar-refractivity contribution in [3.63, 3.8) is 0 Å². The molecule has 39 heavy (non-hydrogen) atoms. The van der Waals surface area contributed by atoms with Gasteiger partial charge in [0.1, 0.15) is 18.1 Å². The van der Waals surface area contributed by atoms with Gasteiger partial charge in [0, 0.05) is 36.8 Å². The molecule has 2 N–H and O–H groups in total. The number of nitrogens with zero attached hydrogens (tertiary/aromatic N) is 5. The molecule has 1 aliphatic carbocycles. The number of nitrogens with one attached hydrogen (secondary N) is 2. The Morgan fingerprint density at radius 1 is 1.00 bits per heavy atom. The maximum absolute atomic E-state index is 12.4. The van der Waals surface area contributed by atoms with Crippen LogP contribution in [0.1, 0.15) is 38.5 Å². The summed E-state index contributed by atoms with van der Waals surface area (Å²) in [5.74, 6) is 0.611. The maximum atomic E-state index is 12.4. The Labute approximate surface area is 221 Å². The zero-order chi connectivity index (χ0) is 27.4. The van der Waals surface area contributed by atoms with Crippen molar-refractivity contribution >= 4 is 17.7 Å². The SMILES string of the molecule is O=[N+]([O-])c1cnc(N2CCC[C@H](NC3CCCCC3Nc3ncc(-c4ccc(OC(F)(F)F)cc4)o3)C2)nc1. The molecule has 1 saturated heterocycles. The molecular formula is C25H28F3N7O4. The first-order valence-corrected chi connectivity index (χ1v) is 12.8. The second-order valence-electron chi connectivity index (χ2n) is 9.69. The highest BCUT2D eigenvalue weighted by atomic mass is 19.4. The molecule has 1 aromatic carbocycles. The van der Waals surface area contributed by atoms with Gasteiger partial charge >= 0.3 is 12.0 Å². The first-order chi connectivity index (χ1) is 18.7. The highest BCUT2D eigenvalue weighted by Gasteiger charge is 2.32. The van der Waals surface area contributed by atoms with Crippen molar-refractivity contribution in [1.29, 1.82) is 0 Å². The Hall–Kier alpha value is -3.94. The van der Waals surface area contributed by atoms with Gasteiger partial charge in [0.05, 0.1) is 11.1 Å². The smallest absolute Gasteiger partial charge is 0.424 e. The van der Waals surface area contributed by atoms with E-state index < -0.39 is 11.3 Å². The number of anilines is 2. The Morgan fingerprint density at radius 3 is 2.41 bits per heavy atom. The summed E-state index contributed by atoms with van der Waals surface area (Å²) in [5, 5.41) is 18.1. The lowest BCUT2D eigenvalue weighted by atomic mass is 9.89. The van der Waals surface area contributed by atoms with Gasteiger partial charge < -0.3 is 24.7 Å². The number of piperidine rings is 1. The molecule has 1 saturated carbocycles. The van der Waals surface area contributed by atoms with Gasteiger partial charge in [0.25, 0.3) is 6.01 Å². The van der Waals surface area contributed by atoms with Crippen LogP contribution >= 0.6 is 0 Å². The Bertz CT molecular complexity index is 1250. The fourth-order valence-electron chi connectivity index (χ4n) is 5.13. The van der Waals surface area contributed by atoms with E-state index in [2.05, 4.69) is 30.3 Å². The van der Waals surface area contributed by atoms with Crippen LogP contribution in [0.5, 0.6) is 5.75 Å². The van der Waals surface area contributed by atoms with Crippen molar-refractivity contribution in [3.05, 3.63) is 53.0 Å². The fourth-order valence-corrected chi connectivity index (χ4v) is 5.13. The quantitative estimate of drug-likeness (QED) is 0.296. The van der Waals surface area contributed by atoms with Crippen LogP contribution in [0.4, 0.5) is 30.8 Å². The van der Waals surface area contributed by atoms with Crippen molar-refractivity contribution in [1.82, 2.24) is 20.3 Å². The second kappa shape index (κ2) is 11.4. The minimum Gasteiger partial charge on any atom is -0.424 e.